The fourth-order valence-corrected chi connectivity index (χ4v) is 2.08. The van der Waals surface area contributed by atoms with E-state index in [1.165, 1.54) is 32.2 Å². The van der Waals surface area contributed by atoms with E-state index in [9.17, 15) is 0 Å². The van der Waals surface area contributed by atoms with Crippen molar-refractivity contribution in [3.05, 3.63) is 0 Å². The van der Waals surface area contributed by atoms with E-state index in [2.05, 4.69) is 26.1 Å². The van der Waals surface area contributed by atoms with Crippen LogP contribution < -0.4 is 5.32 Å². The van der Waals surface area contributed by atoms with E-state index in [0.29, 0.717) is 0 Å². The molecule has 2 unspecified atom stereocenters. The average molecular weight is 169 g/mol. The van der Waals surface area contributed by atoms with Gasteiger partial charge in [0.15, 0.2) is 0 Å². The maximum absolute atomic E-state index is 3.62. The molecule has 1 aliphatic rings. The highest BCUT2D eigenvalue weighted by Gasteiger charge is 2.23. The van der Waals surface area contributed by atoms with E-state index < -0.39 is 0 Å². The Hall–Kier alpha value is -0.0400. The lowest BCUT2D eigenvalue weighted by molar-refractivity contribution is 0.227. The molecule has 12 heavy (non-hydrogen) atoms. The van der Waals surface area contributed by atoms with Crippen molar-refractivity contribution in [1.29, 1.82) is 0 Å². The summed E-state index contributed by atoms with van der Waals surface area (Å²) in [6, 6.07) is 0.816. The third-order valence-electron chi connectivity index (χ3n) is 3.28. The molecule has 1 fully saturated rings. The standard InChI is InChI=1S/C11H23N/c1-4-7-12-11-6-5-9(2)10(3)8-11/h9-12H,4-8H2,1-3H3/t9?,10?,11-/m0/s1. The maximum Gasteiger partial charge on any atom is 0.00697 e. The second-order valence-electron chi connectivity index (χ2n) is 4.42. The van der Waals surface area contributed by atoms with Crippen LogP contribution in [0, 0.1) is 11.8 Å². The highest BCUT2D eigenvalue weighted by molar-refractivity contribution is 4.79. The molecule has 0 aliphatic heterocycles. The minimum absolute atomic E-state index is 0.816. The van der Waals surface area contributed by atoms with Crippen molar-refractivity contribution < 1.29 is 0 Å². The summed E-state index contributed by atoms with van der Waals surface area (Å²) in [5, 5.41) is 3.62. The third-order valence-corrected chi connectivity index (χ3v) is 3.28. The molecule has 0 aromatic rings. The second kappa shape index (κ2) is 4.86. The van der Waals surface area contributed by atoms with E-state index in [1.807, 2.05) is 0 Å². The number of hydrogen-bond acceptors (Lipinski definition) is 1. The first-order valence-corrected chi connectivity index (χ1v) is 5.47. The summed E-state index contributed by atoms with van der Waals surface area (Å²) in [5.41, 5.74) is 0. The molecule has 0 aromatic heterocycles. The van der Waals surface area contributed by atoms with Gasteiger partial charge in [-0.15, -0.1) is 0 Å². The minimum atomic E-state index is 0.816. The summed E-state index contributed by atoms with van der Waals surface area (Å²) in [6.45, 7) is 8.22. The van der Waals surface area contributed by atoms with Gasteiger partial charge in [-0.1, -0.05) is 20.8 Å². The van der Waals surface area contributed by atoms with Gasteiger partial charge in [0.1, 0.15) is 0 Å². The van der Waals surface area contributed by atoms with E-state index in [4.69, 9.17) is 0 Å². The van der Waals surface area contributed by atoms with Crippen LogP contribution in [0.25, 0.3) is 0 Å². The largest absolute Gasteiger partial charge is 0.314 e. The lowest BCUT2D eigenvalue weighted by atomic mass is 9.79. The zero-order chi connectivity index (χ0) is 8.97. The van der Waals surface area contributed by atoms with Crippen molar-refractivity contribution >= 4 is 0 Å². The van der Waals surface area contributed by atoms with Gasteiger partial charge < -0.3 is 5.32 Å². The fourth-order valence-electron chi connectivity index (χ4n) is 2.08. The molecule has 1 N–H and O–H groups in total. The molecule has 0 radical (unpaired) electrons. The molecule has 0 amide bonds. The van der Waals surface area contributed by atoms with Crippen LogP contribution in [-0.4, -0.2) is 12.6 Å². The van der Waals surface area contributed by atoms with Gasteiger partial charge in [-0.25, -0.2) is 0 Å². The maximum atomic E-state index is 3.62. The highest BCUT2D eigenvalue weighted by atomic mass is 14.9. The molecule has 0 heterocycles. The first kappa shape index (κ1) is 10.0. The monoisotopic (exact) mass is 169 g/mol. The Morgan fingerprint density at radius 3 is 2.50 bits per heavy atom. The van der Waals surface area contributed by atoms with Gasteiger partial charge in [0.25, 0.3) is 0 Å². The summed E-state index contributed by atoms with van der Waals surface area (Å²) >= 11 is 0. The van der Waals surface area contributed by atoms with Crippen LogP contribution in [0.15, 0.2) is 0 Å². The molecule has 0 spiro atoms. The quantitative estimate of drug-likeness (QED) is 0.685. The van der Waals surface area contributed by atoms with Gasteiger partial charge in [-0.05, 0) is 44.1 Å². The molecule has 1 heteroatoms. The first-order valence-electron chi connectivity index (χ1n) is 5.47. The predicted molar refractivity (Wildman–Crippen MR) is 54.3 cm³/mol. The Morgan fingerprint density at radius 1 is 1.17 bits per heavy atom. The van der Waals surface area contributed by atoms with Gasteiger partial charge in [-0.2, -0.15) is 0 Å². The number of nitrogens with one attached hydrogen (secondary N) is 1. The Morgan fingerprint density at radius 2 is 1.92 bits per heavy atom. The molecule has 0 bridgehead atoms. The van der Waals surface area contributed by atoms with Crippen LogP contribution in [0.4, 0.5) is 0 Å². The fraction of sp³-hybridized carbons (Fsp3) is 1.00. The van der Waals surface area contributed by atoms with Gasteiger partial charge in [0.05, 0.1) is 0 Å². The Bertz CT molecular complexity index is 120. The van der Waals surface area contributed by atoms with E-state index in [1.54, 1.807) is 0 Å². The SMILES string of the molecule is CCCN[C@H]1CCC(C)C(C)C1. The first-order chi connectivity index (χ1) is 5.74. The smallest absolute Gasteiger partial charge is 0.00697 e. The van der Waals surface area contributed by atoms with Crippen molar-refractivity contribution in [2.45, 2.75) is 52.5 Å². The zero-order valence-corrected chi connectivity index (χ0v) is 8.77. The molecule has 1 aliphatic carbocycles. The molecular formula is C11H23N. The normalized spacial score (nSPS) is 36.8. The van der Waals surface area contributed by atoms with Crippen LogP contribution in [-0.2, 0) is 0 Å². The number of hydrogen-bond donors (Lipinski definition) is 1. The van der Waals surface area contributed by atoms with Crippen LogP contribution >= 0.6 is 0 Å². The molecule has 0 aromatic carbocycles. The van der Waals surface area contributed by atoms with Crippen LogP contribution in [0.3, 0.4) is 0 Å². The topological polar surface area (TPSA) is 12.0 Å². The predicted octanol–water partition coefficient (Wildman–Crippen LogP) is 2.81. The summed E-state index contributed by atoms with van der Waals surface area (Å²) in [5.74, 6) is 1.87. The Kier molecular flexibility index (Phi) is 4.07. The molecule has 1 nitrogen and oxygen atoms in total. The van der Waals surface area contributed by atoms with Crippen molar-refractivity contribution in [2.24, 2.45) is 11.8 Å². The van der Waals surface area contributed by atoms with Gasteiger partial charge in [-0.3, -0.25) is 0 Å². The van der Waals surface area contributed by atoms with Crippen LogP contribution in [0.1, 0.15) is 46.5 Å². The number of rotatable bonds is 3. The van der Waals surface area contributed by atoms with E-state index >= 15 is 0 Å². The van der Waals surface area contributed by atoms with E-state index in [-0.39, 0.29) is 0 Å². The van der Waals surface area contributed by atoms with Gasteiger partial charge >= 0.3 is 0 Å². The van der Waals surface area contributed by atoms with Crippen molar-refractivity contribution in [1.82, 2.24) is 5.32 Å². The summed E-state index contributed by atoms with van der Waals surface area (Å²) < 4.78 is 0. The highest BCUT2D eigenvalue weighted by Crippen LogP contribution is 2.29. The van der Waals surface area contributed by atoms with Gasteiger partial charge in [0.2, 0.25) is 0 Å². The summed E-state index contributed by atoms with van der Waals surface area (Å²) in [4.78, 5) is 0. The van der Waals surface area contributed by atoms with E-state index in [0.717, 1.165) is 17.9 Å². The molecule has 1 rings (SSSR count). The summed E-state index contributed by atoms with van der Waals surface area (Å²) in [6.07, 6.45) is 5.47. The second-order valence-corrected chi connectivity index (χ2v) is 4.42. The molecule has 3 atom stereocenters. The molecule has 1 saturated carbocycles. The van der Waals surface area contributed by atoms with Crippen molar-refractivity contribution in [3.63, 3.8) is 0 Å². The lowest BCUT2D eigenvalue weighted by Crippen LogP contribution is -2.36. The Labute approximate surface area is 76.9 Å². The zero-order valence-electron chi connectivity index (χ0n) is 8.77. The Balaban J connectivity index is 2.21. The van der Waals surface area contributed by atoms with Crippen molar-refractivity contribution in [3.8, 4) is 0 Å². The minimum Gasteiger partial charge on any atom is -0.314 e. The summed E-state index contributed by atoms with van der Waals surface area (Å²) in [7, 11) is 0. The molecular weight excluding hydrogens is 146 g/mol. The molecule has 72 valence electrons. The van der Waals surface area contributed by atoms with Crippen LogP contribution in [0.5, 0.6) is 0 Å². The lowest BCUT2D eigenvalue weighted by Gasteiger charge is -2.32. The average Bonchev–Trinajstić information content (AvgIpc) is 2.07. The molecule has 0 saturated heterocycles. The van der Waals surface area contributed by atoms with Crippen molar-refractivity contribution in [2.75, 3.05) is 6.54 Å². The van der Waals surface area contributed by atoms with Gasteiger partial charge in [0, 0.05) is 6.04 Å². The van der Waals surface area contributed by atoms with Crippen LogP contribution in [0.2, 0.25) is 0 Å². The third kappa shape index (κ3) is 2.78.